The van der Waals surface area contributed by atoms with E-state index >= 15 is 0 Å². The Morgan fingerprint density at radius 3 is 2.33 bits per heavy atom. The van der Waals surface area contributed by atoms with Gasteiger partial charge in [-0.25, -0.2) is 0 Å². The van der Waals surface area contributed by atoms with Crippen LogP contribution >= 0.6 is 0 Å². The Hall–Kier alpha value is -0.0800. The fourth-order valence-electron chi connectivity index (χ4n) is 0.931. The molecule has 0 aliphatic carbocycles. The van der Waals surface area contributed by atoms with Crippen LogP contribution < -0.4 is 10.6 Å². The van der Waals surface area contributed by atoms with Crippen LogP contribution in [0, 0.1) is 0 Å². The minimum absolute atomic E-state index is 0.597. The molecule has 0 aromatic heterocycles. The Labute approximate surface area is 58.0 Å². The maximum atomic E-state index is 3.30. The van der Waals surface area contributed by atoms with Gasteiger partial charge in [0.15, 0.2) is 0 Å². The second kappa shape index (κ2) is 6.05. The van der Waals surface area contributed by atoms with Gasteiger partial charge in [-0.05, 0) is 26.4 Å². The first-order valence-electron chi connectivity index (χ1n) is 3.84. The molecule has 1 aliphatic heterocycles. The summed E-state index contributed by atoms with van der Waals surface area (Å²) in [6, 6.07) is 0. The molecule has 0 bridgehead atoms. The fraction of sp³-hybridized carbons (Fsp3) is 1.00. The molecule has 2 heteroatoms. The van der Waals surface area contributed by atoms with Crippen molar-refractivity contribution in [1.29, 1.82) is 0 Å². The topological polar surface area (TPSA) is 24.1 Å². The Balaban J connectivity index is 0.000000291. The van der Waals surface area contributed by atoms with Crippen molar-refractivity contribution in [2.75, 3.05) is 13.6 Å². The molecule has 1 unspecified atom stereocenters. The second-order valence-electron chi connectivity index (χ2n) is 1.94. The van der Waals surface area contributed by atoms with Crippen LogP contribution in [0.3, 0.4) is 0 Å². The molecule has 0 spiro atoms. The van der Waals surface area contributed by atoms with E-state index in [1.807, 2.05) is 20.9 Å². The third kappa shape index (κ3) is 3.49. The molecular formula is C7H18N2. The number of nitrogens with one attached hydrogen (secondary N) is 2. The predicted octanol–water partition coefficient (Wildman–Crippen LogP) is 0.941. The minimum Gasteiger partial charge on any atom is -0.305 e. The highest BCUT2D eigenvalue weighted by Gasteiger charge is 2.09. The maximum Gasteiger partial charge on any atom is 0.0569 e. The molecule has 1 rings (SSSR count). The van der Waals surface area contributed by atoms with Gasteiger partial charge in [0.05, 0.1) is 6.17 Å². The summed E-state index contributed by atoms with van der Waals surface area (Å²) in [5.74, 6) is 0. The molecule has 56 valence electrons. The molecule has 0 amide bonds. The Morgan fingerprint density at radius 1 is 1.44 bits per heavy atom. The van der Waals surface area contributed by atoms with Crippen LogP contribution in [0.15, 0.2) is 0 Å². The average Bonchev–Trinajstić information content (AvgIpc) is 2.43. The van der Waals surface area contributed by atoms with Crippen molar-refractivity contribution in [3.8, 4) is 0 Å². The molecule has 2 N–H and O–H groups in total. The molecule has 9 heavy (non-hydrogen) atoms. The van der Waals surface area contributed by atoms with Gasteiger partial charge in [-0.1, -0.05) is 13.8 Å². The average molecular weight is 130 g/mol. The smallest absolute Gasteiger partial charge is 0.0569 e. The lowest BCUT2D eigenvalue weighted by molar-refractivity contribution is 0.530. The van der Waals surface area contributed by atoms with Crippen LogP contribution in [0.25, 0.3) is 0 Å². The normalized spacial score (nSPS) is 25.0. The molecule has 0 aromatic carbocycles. The first kappa shape index (κ1) is 8.92. The van der Waals surface area contributed by atoms with Gasteiger partial charge in [-0.3, -0.25) is 0 Å². The molecule has 2 nitrogen and oxygen atoms in total. The number of rotatable bonds is 1. The molecule has 1 saturated heterocycles. The largest absolute Gasteiger partial charge is 0.305 e. The van der Waals surface area contributed by atoms with E-state index in [0.29, 0.717) is 6.17 Å². The van der Waals surface area contributed by atoms with Gasteiger partial charge in [0.2, 0.25) is 0 Å². The van der Waals surface area contributed by atoms with Crippen LogP contribution in [-0.4, -0.2) is 19.8 Å². The van der Waals surface area contributed by atoms with Crippen molar-refractivity contribution in [2.45, 2.75) is 32.9 Å². The van der Waals surface area contributed by atoms with Gasteiger partial charge in [0.25, 0.3) is 0 Å². The molecule has 1 heterocycles. The van der Waals surface area contributed by atoms with E-state index in [4.69, 9.17) is 0 Å². The van der Waals surface area contributed by atoms with E-state index in [-0.39, 0.29) is 0 Å². The van der Waals surface area contributed by atoms with Gasteiger partial charge in [-0.15, -0.1) is 0 Å². The number of hydrogen-bond donors (Lipinski definition) is 2. The van der Waals surface area contributed by atoms with Crippen molar-refractivity contribution in [3.05, 3.63) is 0 Å². The zero-order valence-electron chi connectivity index (χ0n) is 6.70. The van der Waals surface area contributed by atoms with Gasteiger partial charge < -0.3 is 10.6 Å². The SMILES string of the molecule is CC.CNC1CCCN1. The zero-order chi connectivity index (χ0) is 7.11. The maximum absolute atomic E-state index is 3.30. The van der Waals surface area contributed by atoms with E-state index < -0.39 is 0 Å². The summed E-state index contributed by atoms with van der Waals surface area (Å²) in [4.78, 5) is 0. The quantitative estimate of drug-likeness (QED) is 0.552. The van der Waals surface area contributed by atoms with Crippen LogP contribution in [0.1, 0.15) is 26.7 Å². The van der Waals surface area contributed by atoms with Crippen LogP contribution in [0.5, 0.6) is 0 Å². The van der Waals surface area contributed by atoms with E-state index in [1.165, 1.54) is 19.4 Å². The highest BCUT2D eigenvalue weighted by atomic mass is 15.1. The van der Waals surface area contributed by atoms with Crippen molar-refractivity contribution >= 4 is 0 Å². The Kier molecular flexibility index (Phi) is 5.99. The van der Waals surface area contributed by atoms with E-state index in [9.17, 15) is 0 Å². The molecule has 0 radical (unpaired) electrons. The van der Waals surface area contributed by atoms with Gasteiger partial charge in [-0.2, -0.15) is 0 Å². The van der Waals surface area contributed by atoms with Crippen molar-refractivity contribution < 1.29 is 0 Å². The summed E-state index contributed by atoms with van der Waals surface area (Å²) in [6.45, 7) is 5.19. The van der Waals surface area contributed by atoms with Crippen LogP contribution in [0.4, 0.5) is 0 Å². The summed E-state index contributed by atoms with van der Waals surface area (Å²) in [5.41, 5.74) is 0. The highest BCUT2D eigenvalue weighted by molar-refractivity contribution is 4.68. The Morgan fingerprint density at radius 2 is 2.11 bits per heavy atom. The van der Waals surface area contributed by atoms with Crippen molar-refractivity contribution in [3.63, 3.8) is 0 Å². The third-order valence-electron chi connectivity index (χ3n) is 1.41. The highest BCUT2D eigenvalue weighted by Crippen LogP contribution is 1.99. The summed E-state index contributed by atoms with van der Waals surface area (Å²) < 4.78 is 0. The summed E-state index contributed by atoms with van der Waals surface area (Å²) in [7, 11) is 1.99. The lowest BCUT2D eigenvalue weighted by atomic mass is 10.3. The Bertz CT molecular complexity index is 48.9. The van der Waals surface area contributed by atoms with E-state index in [0.717, 1.165) is 0 Å². The molecular weight excluding hydrogens is 112 g/mol. The molecule has 0 aromatic rings. The first-order chi connectivity index (χ1) is 4.43. The summed E-state index contributed by atoms with van der Waals surface area (Å²) in [5, 5.41) is 6.45. The number of hydrogen-bond acceptors (Lipinski definition) is 2. The third-order valence-corrected chi connectivity index (χ3v) is 1.41. The lowest BCUT2D eigenvalue weighted by Gasteiger charge is -2.05. The fourth-order valence-corrected chi connectivity index (χ4v) is 0.931. The van der Waals surface area contributed by atoms with Crippen LogP contribution in [-0.2, 0) is 0 Å². The lowest BCUT2D eigenvalue weighted by Crippen LogP contribution is -2.34. The van der Waals surface area contributed by atoms with E-state index in [2.05, 4.69) is 10.6 Å². The zero-order valence-corrected chi connectivity index (χ0v) is 6.70. The molecule has 1 atom stereocenters. The van der Waals surface area contributed by atoms with Crippen LogP contribution in [0.2, 0.25) is 0 Å². The second-order valence-corrected chi connectivity index (χ2v) is 1.94. The van der Waals surface area contributed by atoms with Crippen molar-refractivity contribution in [2.24, 2.45) is 0 Å². The minimum atomic E-state index is 0.597. The summed E-state index contributed by atoms with van der Waals surface area (Å²) in [6.07, 6.45) is 3.21. The first-order valence-corrected chi connectivity index (χ1v) is 3.84. The molecule has 1 aliphatic rings. The standard InChI is InChI=1S/C5H12N2.C2H6/c1-6-5-3-2-4-7-5;1-2/h5-7H,2-4H2,1H3;1-2H3. The van der Waals surface area contributed by atoms with E-state index in [1.54, 1.807) is 0 Å². The predicted molar refractivity (Wildman–Crippen MR) is 41.4 cm³/mol. The monoisotopic (exact) mass is 130 g/mol. The molecule has 0 saturated carbocycles. The molecule has 1 fully saturated rings. The van der Waals surface area contributed by atoms with Gasteiger partial charge in [0, 0.05) is 0 Å². The summed E-state index contributed by atoms with van der Waals surface area (Å²) >= 11 is 0. The van der Waals surface area contributed by atoms with Crippen molar-refractivity contribution in [1.82, 2.24) is 10.6 Å². The van der Waals surface area contributed by atoms with Gasteiger partial charge in [0.1, 0.15) is 0 Å². The van der Waals surface area contributed by atoms with Gasteiger partial charge >= 0.3 is 0 Å².